The second kappa shape index (κ2) is 5.40. The summed E-state index contributed by atoms with van der Waals surface area (Å²) >= 11 is 0. The van der Waals surface area contributed by atoms with Crippen molar-refractivity contribution in [3.8, 4) is 0 Å². The Hall–Kier alpha value is -1.54. The highest BCUT2D eigenvalue weighted by Gasteiger charge is 2.37. The van der Waals surface area contributed by atoms with E-state index in [0.29, 0.717) is 11.3 Å². The number of amides is 1. The zero-order chi connectivity index (χ0) is 13.9. The Balaban J connectivity index is 2.69. The van der Waals surface area contributed by atoms with Crippen molar-refractivity contribution in [2.45, 2.75) is 32.7 Å². The third-order valence-corrected chi connectivity index (χ3v) is 2.33. The molecule has 1 aromatic heterocycles. The molecule has 0 aliphatic rings. The molecule has 0 saturated heterocycles. The number of hydrogen-bond acceptors (Lipinski definition) is 4. The minimum atomic E-state index is -4.42. The number of rotatable bonds is 4. The van der Waals surface area contributed by atoms with Gasteiger partial charge in [-0.2, -0.15) is 13.2 Å². The van der Waals surface area contributed by atoms with Gasteiger partial charge in [0, 0.05) is 5.56 Å². The van der Waals surface area contributed by atoms with E-state index >= 15 is 0 Å². The number of ether oxygens (including phenoxy) is 1. The number of halogens is 3. The third kappa shape index (κ3) is 3.47. The third-order valence-electron chi connectivity index (χ3n) is 2.33. The molecule has 0 bridgehead atoms. The van der Waals surface area contributed by atoms with Crippen LogP contribution < -0.4 is 11.3 Å². The maximum atomic E-state index is 12.2. The standard InChI is InChI=1S/C10H13F3N2O3/c1-5-7(3-8(18-5)9(16)15-14)4-17-6(2)10(11,12)13/h3,6H,4,14H2,1-2H3,(H,15,16). The van der Waals surface area contributed by atoms with Gasteiger partial charge in [-0.25, -0.2) is 5.84 Å². The summed E-state index contributed by atoms with van der Waals surface area (Å²) in [5, 5.41) is 0. The van der Waals surface area contributed by atoms with E-state index in [1.807, 2.05) is 5.43 Å². The summed E-state index contributed by atoms with van der Waals surface area (Å²) in [7, 11) is 0. The molecule has 1 unspecified atom stereocenters. The summed E-state index contributed by atoms with van der Waals surface area (Å²) < 4.78 is 46.3. The van der Waals surface area contributed by atoms with Crippen LogP contribution in [0.5, 0.6) is 0 Å². The van der Waals surface area contributed by atoms with E-state index in [4.69, 9.17) is 10.3 Å². The van der Waals surface area contributed by atoms with Gasteiger partial charge in [-0.1, -0.05) is 0 Å². The van der Waals surface area contributed by atoms with E-state index in [1.54, 1.807) is 0 Å². The van der Waals surface area contributed by atoms with Crippen LogP contribution in [0.25, 0.3) is 0 Å². The average molecular weight is 266 g/mol. The van der Waals surface area contributed by atoms with E-state index in [9.17, 15) is 18.0 Å². The molecule has 0 aliphatic heterocycles. The van der Waals surface area contributed by atoms with Crippen molar-refractivity contribution in [1.29, 1.82) is 0 Å². The first-order valence-electron chi connectivity index (χ1n) is 5.04. The highest BCUT2D eigenvalue weighted by molar-refractivity contribution is 5.91. The predicted octanol–water partition coefficient (Wildman–Crippen LogP) is 1.66. The van der Waals surface area contributed by atoms with Gasteiger partial charge in [-0.3, -0.25) is 10.2 Å². The molecule has 0 spiro atoms. The lowest BCUT2D eigenvalue weighted by molar-refractivity contribution is -0.217. The minimum Gasteiger partial charge on any atom is -0.456 e. The number of hydrogen-bond donors (Lipinski definition) is 2. The molecule has 5 nitrogen and oxygen atoms in total. The van der Waals surface area contributed by atoms with Gasteiger partial charge in [0.05, 0.1) is 6.61 Å². The van der Waals surface area contributed by atoms with Crippen molar-refractivity contribution >= 4 is 5.91 Å². The Kier molecular flexibility index (Phi) is 4.36. The van der Waals surface area contributed by atoms with Crippen molar-refractivity contribution in [2.24, 2.45) is 5.84 Å². The molecule has 1 aromatic rings. The molecule has 8 heteroatoms. The normalized spacial score (nSPS) is 13.4. The Bertz CT molecular complexity index is 428. The Morgan fingerprint density at radius 2 is 2.22 bits per heavy atom. The molecule has 0 aromatic carbocycles. The van der Waals surface area contributed by atoms with Gasteiger partial charge in [-0.15, -0.1) is 0 Å². The monoisotopic (exact) mass is 266 g/mol. The lowest BCUT2D eigenvalue weighted by Gasteiger charge is -2.15. The number of nitrogen functional groups attached to an aromatic ring is 1. The molecule has 0 saturated carbocycles. The zero-order valence-corrected chi connectivity index (χ0v) is 9.80. The fourth-order valence-corrected chi connectivity index (χ4v) is 1.16. The highest BCUT2D eigenvalue weighted by atomic mass is 19.4. The van der Waals surface area contributed by atoms with Crippen LogP contribution in [0.2, 0.25) is 0 Å². The first kappa shape index (κ1) is 14.5. The molecule has 0 aliphatic carbocycles. The molecule has 1 rings (SSSR count). The van der Waals surface area contributed by atoms with E-state index in [2.05, 4.69) is 4.74 Å². The number of furan rings is 1. The summed E-state index contributed by atoms with van der Waals surface area (Å²) in [6.45, 7) is 2.13. The van der Waals surface area contributed by atoms with Gasteiger partial charge in [0.1, 0.15) is 5.76 Å². The van der Waals surface area contributed by atoms with Crippen LogP contribution in [0.3, 0.4) is 0 Å². The number of aryl methyl sites for hydroxylation is 1. The van der Waals surface area contributed by atoms with E-state index in [0.717, 1.165) is 6.92 Å². The average Bonchev–Trinajstić information content (AvgIpc) is 2.65. The molecule has 1 amide bonds. The van der Waals surface area contributed by atoms with Crippen molar-refractivity contribution < 1.29 is 27.1 Å². The SMILES string of the molecule is Cc1oc(C(=O)NN)cc1COC(C)C(F)(F)F. The maximum Gasteiger partial charge on any atom is 0.414 e. The molecule has 1 atom stereocenters. The topological polar surface area (TPSA) is 77.5 Å². The number of nitrogens with two attached hydrogens (primary N) is 1. The predicted molar refractivity (Wildman–Crippen MR) is 55.4 cm³/mol. The summed E-state index contributed by atoms with van der Waals surface area (Å²) in [4.78, 5) is 11.1. The van der Waals surface area contributed by atoms with Crippen LogP contribution in [0.15, 0.2) is 10.5 Å². The minimum absolute atomic E-state index is 0.0757. The molecule has 0 fully saturated rings. The highest BCUT2D eigenvalue weighted by Crippen LogP contribution is 2.24. The second-order valence-corrected chi connectivity index (χ2v) is 3.66. The fourth-order valence-electron chi connectivity index (χ4n) is 1.16. The lowest BCUT2D eigenvalue weighted by Crippen LogP contribution is -2.29. The van der Waals surface area contributed by atoms with Crippen molar-refractivity contribution in [1.82, 2.24) is 5.43 Å². The van der Waals surface area contributed by atoms with Gasteiger partial charge in [-0.05, 0) is 19.9 Å². The van der Waals surface area contributed by atoms with Gasteiger partial charge < -0.3 is 9.15 Å². The molecule has 102 valence electrons. The van der Waals surface area contributed by atoms with E-state index in [1.165, 1.54) is 13.0 Å². The zero-order valence-electron chi connectivity index (χ0n) is 9.80. The van der Waals surface area contributed by atoms with Gasteiger partial charge in [0.25, 0.3) is 0 Å². The smallest absolute Gasteiger partial charge is 0.414 e. The molecular formula is C10H13F3N2O3. The van der Waals surface area contributed by atoms with Crippen LogP contribution in [0, 0.1) is 6.92 Å². The second-order valence-electron chi connectivity index (χ2n) is 3.66. The fraction of sp³-hybridized carbons (Fsp3) is 0.500. The number of carbonyl (C=O) groups excluding carboxylic acids is 1. The van der Waals surface area contributed by atoms with Crippen molar-refractivity contribution in [2.75, 3.05) is 0 Å². The number of carbonyl (C=O) groups is 1. The van der Waals surface area contributed by atoms with Crippen LogP contribution in [-0.4, -0.2) is 18.2 Å². The van der Waals surface area contributed by atoms with E-state index < -0.39 is 18.2 Å². The van der Waals surface area contributed by atoms with E-state index in [-0.39, 0.29) is 12.4 Å². The van der Waals surface area contributed by atoms with Gasteiger partial charge >= 0.3 is 12.1 Å². The molecule has 3 N–H and O–H groups in total. The Labute approximate surface area is 101 Å². The summed E-state index contributed by atoms with van der Waals surface area (Å²) in [5.41, 5.74) is 2.22. The molecular weight excluding hydrogens is 253 g/mol. The number of alkyl halides is 3. The quantitative estimate of drug-likeness (QED) is 0.493. The van der Waals surface area contributed by atoms with Crippen molar-refractivity contribution in [3.63, 3.8) is 0 Å². The van der Waals surface area contributed by atoms with Crippen LogP contribution in [0.1, 0.15) is 28.8 Å². The molecule has 0 radical (unpaired) electrons. The Morgan fingerprint density at radius 3 is 2.72 bits per heavy atom. The Morgan fingerprint density at radius 1 is 1.61 bits per heavy atom. The van der Waals surface area contributed by atoms with Crippen LogP contribution >= 0.6 is 0 Å². The molecule has 1 heterocycles. The van der Waals surface area contributed by atoms with Gasteiger partial charge in [0.15, 0.2) is 11.9 Å². The first-order chi connectivity index (χ1) is 8.25. The summed E-state index contributed by atoms with van der Waals surface area (Å²) in [5.74, 6) is 4.48. The maximum absolute atomic E-state index is 12.2. The lowest BCUT2D eigenvalue weighted by atomic mass is 10.2. The molecule has 18 heavy (non-hydrogen) atoms. The number of hydrazine groups is 1. The van der Waals surface area contributed by atoms with Crippen LogP contribution in [0.4, 0.5) is 13.2 Å². The van der Waals surface area contributed by atoms with Crippen molar-refractivity contribution in [3.05, 3.63) is 23.2 Å². The first-order valence-corrected chi connectivity index (χ1v) is 5.04. The largest absolute Gasteiger partial charge is 0.456 e. The summed E-state index contributed by atoms with van der Waals surface area (Å²) in [6, 6.07) is 1.29. The number of nitrogens with one attached hydrogen (secondary N) is 1. The van der Waals surface area contributed by atoms with Gasteiger partial charge in [0.2, 0.25) is 0 Å². The summed E-state index contributed by atoms with van der Waals surface area (Å²) in [6.07, 6.45) is -6.31. The van der Waals surface area contributed by atoms with Crippen LogP contribution in [-0.2, 0) is 11.3 Å².